The van der Waals surface area contributed by atoms with E-state index >= 15 is 0 Å². The fourth-order valence-electron chi connectivity index (χ4n) is 3.84. The van der Waals surface area contributed by atoms with Gasteiger partial charge in [-0.05, 0) is 60.4 Å². The van der Waals surface area contributed by atoms with Crippen LogP contribution in [0.5, 0.6) is 11.5 Å². The molecule has 0 radical (unpaired) electrons. The number of para-hydroxylation sites is 1. The van der Waals surface area contributed by atoms with Gasteiger partial charge in [-0.3, -0.25) is 4.98 Å². The van der Waals surface area contributed by atoms with Crippen LogP contribution in [-0.4, -0.2) is 33.8 Å². The normalized spacial score (nSPS) is 12.6. The molecule has 6 heteroatoms. The number of benzene rings is 3. The number of aromatic carboxylic acids is 1. The van der Waals surface area contributed by atoms with Gasteiger partial charge in [-0.1, -0.05) is 54.6 Å². The molecule has 0 saturated carbocycles. The van der Waals surface area contributed by atoms with Crippen LogP contribution in [0.4, 0.5) is 0 Å². The zero-order chi connectivity index (χ0) is 24.6. The maximum absolute atomic E-state index is 11.7. The minimum atomic E-state index is -1.03. The van der Waals surface area contributed by atoms with E-state index in [1.54, 1.807) is 42.7 Å². The Hall–Kier alpha value is -4.00. The molecule has 0 aliphatic rings. The zero-order valence-corrected chi connectivity index (χ0v) is 19.5. The monoisotopic (exact) mass is 468 g/mol. The molecule has 0 amide bonds. The lowest BCUT2D eigenvalue weighted by Crippen LogP contribution is -2.32. The lowest BCUT2D eigenvalue weighted by atomic mass is 9.99. The first-order valence-electron chi connectivity index (χ1n) is 11.5. The first-order chi connectivity index (χ1) is 17.0. The summed E-state index contributed by atoms with van der Waals surface area (Å²) in [5.41, 5.74) is 3.91. The van der Waals surface area contributed by atoms with Gasteiger partial charge in [0.15, 0.2) is 0 Å². The van der Waals surface area contributed by atoms with Crippen molar-refractivity contribution < 1.29 is 19.7 Å². The molecule has 6 nitrogen and oxygen atoms in total. The number of rotatable bonds is 10. The SMILES string of the molecule is C[C@H](Cc1ccc(-c2ccc(C(=O)O)c(Oc3ccccc3)c2)cc1)NC[C@H](O)c1cccnc1. The Morgan fingerprint density at radius 1 is 0.971 bits per heavy atom. The Bertz CT molecular complexity index is 1240. The highest BCUT2D eigenvalue weighted by molar-refractivity contribution is 5.92. The number of hydrogen-bond donors (Lipinski definition) is 3. The Kier molecular flexibility index (Phi) is 7.88. The van der Waals surface area contributed by atoms with Crippen molar-refractivity contribution in [3.63, 3.8) is 0 Å². The summed E-state index contributed by atoms with van der Waals surface area (Å²) in [6.07, 6.45) is 3.57. The number of ether oxygens (including phenoxy) is 1. The van der Waals surface area contributed by atoms with Crippen LogP contribution in [0.25, 0.3) is 11.1 Å². The van der Waals surface area contributed by atoms with Crippen molar-refractivity contribution in [2.75, 3.05) is 6.54 Å². The molecule has 178 valence electrons. The van der Waals surface area contributed by atoms with Gasteiger partial charge < -0.3 is 20.3 Å². The van der Waals surface area contributed by atoms with Crippen molar-refractivity contribution in [3.05, 3.63) is 114 Å². The Balaban J connectivity index is 1.41. The van der Waals surface area contributed by atoms with E-state index in [-0.39, 0.29) is 11.6 Å². The lowest BCUT2D eigenvalue weighted by molar-refractivity contribution is 0.0694. The molecule has 0 aliphatic carbocycles. The second kappa shape index (κ2) is 11.4. The number of carboxylic acid groups (broad SMARTS) is 1. The minimum Gasteiger partial charge on any atom is -0.478 e. The van der Waals surface area contributed by atoms with Gasteiger partial charge >= 0.3 is 5.97 Å². The molecule has 3 N–H and O–H groups in total. The molecule has 0 bridgehead atoms. The van der Waals surface area contributed by atoms with Gasteiger partial charge in [-0.25, -0.2) is 4.79 Å². The number of nitrogens with zero attached hydrogens (tertiary/aromatic N) is 1. The molecule has 4 aromatic rings. The molecule has 0 aliphatic heterocycles. The van der Waals surface area contributed by atoms with Crippen LogP contribution in [0.2, 0.25) is 0 Å². The molecule has 2 atom stereocenters. The summed E-state index contributed by atoms with van der Waals surface area (Å²) >= 11 is 0. The summed E-state index contributed by atoms with van der Waals surface area (Å²) in [7, 11) is 0. The number of carboxylic acids is 1. The first kappa shape index (κ1) is 24.1. The summed E-state index contributed by atoms with van der Waals surface area (Å²) in [5.74, 6) is -0.152. The van der Waals surface area contributed by atoms with E-state index in [1.165, 1.54) is 0 Å². The topological polar surface area (TPSA) is 91.7 Å². The predicted molar refractivity (Wildman–Crippen MR) is 136 cm³/mol. The van der Waals surface area contributed by atoms with Gasteiger partial charge in [0.05, 0.1) is 6.10 Å². The number of carbonyl (C=O) groups is 1. The molecule has 0 unspecified atom stereocenters. The highest BCUT2D eigenvalue weighted by Crippen LogP contribution is 2.31. The second-order valence-corrected chi connectivity index (χ2v) is 8.44. The summed E-state index contributed by atoms with van der Waals surface area (Å²) in [6.45, 7) is 2.53. The van der Waals surface area contributed by atoms with Gasteiger partial charge in [0.2, 0.25) is 0 Å². The average molecular weight is 469 g/mol. The maximum atomic E-state index is 11.7. The van der Waals surface area contributed by atoms with E-state index in [0.29, 0.717) is 18.0 Å². The third kappa shape index (κ3) is 6.53. The number of aromatic nitrogens is 1. The van der Waals surface area contributed by atoms with Crippen molar-refractivity contribution in [3.8, 4) is 22.6 Å². The molecule has 3 aromatic carbocycles. The summed E-state index contributed by atoms with van der Waals surface area (Å²) in [5, 5.41) is 23.3. The number of nitrogens with one attached hydrogen (secondary N) is 1. The third-order valence-electron chi connectivity index (χ3n) is 5.74. The Labute approximate surface area is 204 Å². The number of pyridine rings is 1. The van der Waals surface area contributed by atoms with E-state index in [9.17, 15) is 15.0 Å². The maximum Gasteiger partial charge on any atom is 0.339 e. The molecular weight excluding hydrogens is 440 g/mol. The van der Waals surface area contributed by atoms with Crippen LogP contribution >= 0.6 is 0 Å². The van der Waals surface area contributed by atoms with E-state index in [2.05, 4.69) is 29.4 Å². The van der Waals surface area contributed by atoms with Crippen LogP contribution in [0, 0.1) is 0 Å². The molecule has 4 rings (SSSR count). The molecule has 35 heavy (non-hydrogen) atoms. The minimum absolute atomic E-state index is 0.114. The van der Waals surface area contributed by atoms with Crippen LogP contribution in [0.3, 0.4) is 0 Å². The second-order valence-electron chi connectivity index (χ2n) is 8.44. The fourth-order valence-corrected chi connectivity index (χ4v) is 3.84. The van der Waals surface area contributed by atoms with Gasteiger partial charge in [-0.2, -0.15) is 0 Å². The van der Waals surface area contributed by atoms with E-state index in [1.807, 2.05) is 42.5 Å². The fraction of sp³-hybridized carbons (Fsp3) is 0.172. The van der Waals surface area contributed by atoms with E-state index in [0.717, 1.165) is 28.7 Å². The molecule has 1 heterocycles. The van der Waals surface area contributed by atoms with E-state index in [4.69, 9.17) is 4.74 Å². The lowest BCUT2D eigenvalue weighted by Gasteiger charge is -2.17. The summed E-state index contributed by atoms with van der Waals surface area (Å²) in [4.78, 5) is 15.7. The van der Waals surface area contributed by atoms with Crippen LogP contribution in [-0.2, 0) is 6.42 Å². The van der Waals surface area contributed by atoms with Crippen molar-refractivity contribution in [2.45, 2.75) is 25.5 Å². The van der Waals surface area contributed by atoms with Crippen molar-refractivity contribution in [1.29, 1.82) is 0 Å². The van der Waals surface area contributed by atoms with Gasteiger partial charge in [0.25, 0.3) is 0 Å². The smallest absolute Gasteiger partial charge is 0.339 e. The van der Waals surface area contributed by atoms with Crippen LogP contribution in [0.15, 0.2) is 97.3 Å². The molecular formula is C29H28N2O4. The first-order valence-corrected chi connectivity index (χ1v) is 11.5. The quantitative estimate of drug-likeness (QED) is 0.285. The third-order valence-corrected chi connectivity index (χ3v) is 5.74. The van der Waals surface area contributed by atoms with Crippen molar-refractivity contribution >= 4 is 5.97 Å². The Morgan fingerprint density at radius 2 is 1.71 bits per heavy atom. The average Bonchev–Trinajstić information content (AvgIpc) is 2.88. The largest absolute Gasteiger partial charge is 0.478 e. The van der Waals surface area contributed by atoms with E-state index < -0.39 is 12.1 Å². The molecule has 0 spiro atoms. The van der Waals surface area contributed by atoms with Gasteiger partial charge in [0, 0.05) is 30.5 Å². The Morgan fingerprint density at radius 3 is 2.40 bits per heavy atom. The summed E-state index contributed by atoms with van der Waals surface area (Å²) < 4.78 is 5.87. The van der Waals surface area contributed by atoms with Crippen molar-refractivity contribution in [2.24, 2.45) is 0 Å². The molecule has 0 saturated heterocycles. The van der Waals surface area contributed by atoms with Crippen molar-refractivity contribution in [1.82, 2.24) is 10.3 Å². The van der Waals surface area contributed by atoms with Crippen LogP contribution < -0.4 is 10.1 Å². The predicted octanol–water partition coefficient (Wildman–Crippen LogP) is 5.49. The number of aliphatic hydroxyl groups is 1. The summed E-state index contributed by atoms with van der Waals surface area (Å²) in [6, 6.07) is 26.3. The highest BCUT2D eigenvalue weighted by atomic mass is 16.5. The van der Waals surface area contributed by atoms with Gasteiger partial charge in [0.1, 0.15) is 17.1 Å². The molecule has 1 aromatic heterocycles. The van der Waals surface area contributed by atoms with Crippen LogP contribution in [0.1, 0.15) is 34.5 Å². The highest BCUT2D eigenvalue weighted by Gasteiger charge is 2.14. The zero-order valence-electron chi connectivity index (χ0n) is 19.5. The standard InChI is InChI=1S/C29H28N2O4/c1-20(31-19-27(32)24-6-5-15-30-18-24)16-21-9-11-22(12-10-21)23-13-14-26(29(33)34)28(17-23)35-25-7-3-2-4-8-25/h2-15,17-18,20,27,31-32H,16,19H2,1H3,(H,33,34)/t20-,27+/m1/s1. The number of aliphatic hydroxyl groups excluding tert-OH is 1. The van der Waals surface area contributed by atoms with Gasteiger partial charge in [-0.15, -0.1) is 0 Å². The number of hydrogen-bond acceptors (Lipinski definition) is 5. The molecule has 0 fully saturated rings.